The number of hydrogen-bond donors (Lipinski definition) is 11. The molecule has 4 aliphatic rings. The number of aliphatic hydroxyl groups excluding tert-OH is 8. The lowest BCUT2D eigenvalue weighted by Gasteiger charge is -2.41. The summed E-state index contributed by atoms with van der Waals surface area (Å²) >= 11 is 0. The van der Waals surface area contributed by atoms with E-state index in [9.17, 15) is 61.0 Å². The largest absolute Gasteiger partial charge is 0.508 e. The van der Waals surface area contributed by atoms with Gasteiger partial charge in [-0.15, -0.1) is 0 Å². The molecule has 0 amide bonds. The number of phenols is 3. The lowest BCUT2D eigenvalue weighted by Crippen LogP contribution is -2.59. The molecule has 290 valence electrons. The molecule has 6 rings (SSSR count). The van der Waals surface area contributed by atoms with E-state index in [0.717, 1.165) is 24.3 Å². The monoisotopic (exact) mass is 758 g/mol. The third-order valence-electron chi connectivity index (χ3n) is 8.88. The van der Waals surface area contributed by atoms with Crippen LogP contribution < -0.4 is 0 Å². The molecule has 3 aliphatic heterocycles. The van der Waals surface area contributed by atoms with Gasteiger partial charge in [-0.25, -0.2) is 4.79 Å². The summed E-state index contributed by atoms with van der Waals surface area (Å²) < 4.78 is 34.4. The number of benzene rings is 2. The smallest absolute Gasteiger partial charge is 0.330 e. The molecule has 2 fully saturated rings. The lowest BCUT2D eigenvalue weighted by atomic mass is 9.96. The van der Waals surface area contributed by atoms with Gasteiger partial charge in [0.15, 0.2) is 23.0 Å². The van der Waals surface area contributed by atoms with Crippen molar-refractivity contribution in [3.63, 3.8) is 0 Å². The Morgan fingerprint density at radius 3 is 2.06 bits per heavy atom. The number of hydrogen-bond acceptors (Lipinski definition) is 18. The van der Waals surface area contributed by atoms with Gasteiger partial charge in [-0.05, 0) is 48.0 Å². The highest BCUT2D eigenvalue weighted by Crippen LogP contribution is 2.41. The van der Waals surface area contributed by atoms with Crippen molar-refractivity contribution in [1.82, 2.24) is 0 Å². The normalized spacial score (nSPS) is 32.5. The fourth-order valence-electron chi connectivity index (χ4n) is 5.89. The molecule has 54 heavy (non-hydrogen) atoms. The molecular weight excluding hydrogens is 720 g/mol. The average Bonchev–Trinajstić information content (AvgIpc) is 3.15. The Labute approximate surface area is 305 Å². The third kappa shape index (κ3) is 8.16. The molecule has 18 heteroatoms. The van der Waals surface area contributed by atoms with Crippen LogP contribution in [0.1, 0.15) is 11.1 Å². The number of allylic oxidation sites excluding steroid dienone is 2. The van der Waals surface area contributed by atoms with Crippen molar-refractivity contribution in [2.45, 2.75) is 67.5 Å². The molecule has 1 aliphatic carbocycles. The zero-order valence-electron chi connectivity index (χ0n) is 28.0. The zero-order valence-corrected chi connectivity index (χ0v) is 28.0. The molecular formula is C36H38O18. The van der Waals surface area contributed by atoms with Crippen molar-refractivity contribution in [2.75, 3.05) is 13.2 Å². The van der Waals surface area contributed by atoms with E-state index >= 15 is 0 Å². The van der Waals surface area contributed by atoms with Gasteiger partial charge in [0.2, 0.25) is 12.6 Å². The summed E-state index contributed by atoms with van der Waals surface area (Å²) in [5.41, 5.74) is 0.762. The number of carbonyl (C=O) groups excluding carboxylic acids is 1. The molecule has 11 atom stereocenters. The van der Waals surface area contributed by atoms with E-state index in [4.69, 9.17) is 28.4 Å². The van der Waals surface area contributed by atoms with Crippen LogP contribution in [0.15, 0.2) is 89.6 Å². The Morgan fingerprint density at radius 2 is 1.39 bits per heavy atom. The number of esters is 1. The maximum atomic E-state index is 12.4. The SMILES string of the molecule is O=C(/C=C/c1ccc(O)cc1)OC[C@@H]1O[C@@H](OC2=C(c3ccc(O)c(O)c3)OC3C=C(O)C=C(O[C@H]4O[C@@H](CO)[C@@H](O)[C@@H](O)[C@@H]4O)C3=C2)[C@@H](O)[C@H](O)[C@@H]1O. The number of aliphatic hydroxyl groups is 8. The molecule has 2 aromatic carbocycles. The number of carbonyl (C=O) groups is 1. The summed E-state index contributed by atoms with van der Waals surface area (Å²) in [6.45, 7) is -1.35. The summed E-state index contributed by atoms with van der Waals surface area (Å²) in [4.78, 5) is 12.4. The molecule has 11 N–H and O–H groups in total. The molecule has 18 nitrogen and oxygen atoms in total. The van der Waals surface area contributed by atoms with E-state index in [0.29, 0.717) is 5.56 Å². The second-order valence-corrected chi connectivity index (χ2v) is 12.6. The summed E-state index contributed by atoms with van der Waals surface area (Å²) in [6, 6.07) is 9.54. The van der Waals surface area contributed by atoms with Crippen molar-refractivity contribution in [3.05, 3.63) is 101 Å². The van der Waals surface area contributed by atoms with Gasteiger partial charge >= 0.3 is 5.97 Å². The molecule has 2 aromatic rings. The first-order valence-corrected chi connectivity index (χ1v) is 16.5. The molecule has 0 saturated carbocycles. The fourth-order valence-corrected chi connectivity index (χ4v) is 5.89. The van der Waals surface area contributed by atoms with Crippen molar-refractivity contribution >= 4 is 17.8 Å². The van der Waals surface area contributed by atoms with Gasteiger partial charge < -0.3 is 84.6 Å². The molecule has 0 bridgehead atoms. The molecule has 1 unspecified atom stereocenters. The van der Waals surface area contributed by atoms with Gasteiger partial charge in [0, 0.05) is 29.4 Å². The Morgan fingerprint density at radius 1 is 0.741 bits per heavy atom. The first-order valence-electron chi connectivity index (χ1n) is 16.5. The Kier molecular flexibility index (Phi) is 11.5. The number of fused-ring (bicyclic) bond motifs is 1. The van der Waals surface area contributed by atoms with E-state index in [1.54, 1.807) is 12.1 Å². The van der Waals surface area contributed by atoms with Crippen LogP contribution in [0.5, 0.6) is 17.2 Å². The van der Waals surface area contributed by atoms with E-state index < -0.39 is 98.2 Å². The van der Waals surface area contributed by atoms with Crippen LogP contribution in [-0.2, 0) is 33.2 Å². The first-order chi connectivity index (χ1) is 25.7. The summed E-state index contributed by atoms with van der Waals surface area (Å²) in [6.07, 6.45) is -12.1. The van der Waals surface area contributed by atoms with Crippen LogP contribution in [0.25, 0.3) is 11.8 Å². The summed E-state index contributed by atoms with van der Waals surface area (Å²) in [5, 5.41) is 113. The number of aromatic hydroxyl groups is 3. The predicted molar refractivity (Wildman–Crippen MR) is 179 cm³/mol. The molecule has 2 saturated heterocycles. The van der Waals surface area contributed by atoms with Gasteiger partial charge in [-0.3, -0.25) is 0 Å². The summed E-state index contributed by atoms with van der Waals surface area (Å²) in [7, 11) is 0. The fraction of sp³-hybridized carbons (Fsp3) is 0.361. The van der Waals surface area contributed by atoms with Crippen LogP contribution >= 0.6 is 0 Å². The average molecular weight is 759 g/mol. The first kappa shape index (κ1) is 38.6. The van der Waals surface area contributed by atoms with Gasteiger partial charge in [-0.1, -0.05) is 12.1 Å². The van der Waals surface area contributed by atoms with Gasteiger partial charge in [0.1, 0.15) is 78.8 Å². The van der Waals surface area contributed by atoms with E-state index in [1.165, 1.54) is 36.4 Å². The Bertz CT molecular complexity index is 1850. The molecule has 0 radical (unpaired) electrons. The highest BCUT2D eigenvalue weighted by atomic mass is 16.7. The van der Waals surface area contributed by atoms with Gasteiger partial charge in [0.05, 0.1) is 6.61 Å². The Hall–Kier alpha value is -5.15. The zero-order chi connectivity index (χ0) is 38.8. The van der Waals surface area contributed by atoms with E-state index in [-0.39, 0.29) is 39.9 Å². The van der Waals surface area contributed by atoms with Gasteiger partial charge in [-0.2, -0.15) is 0 Å². The highest BCUT2D eigenvalue weighted by Gasteiger charge is 2.48. The summed E-state index contributed by atoms with van der Waals surface area (Å²) in [5.74, 6) is -2.85. The van der Waals surface area contributed by atoms with Crippen LogP contribution in [0.2, 0.25) is 0 Å². The van der Waals surface area contributed by atoms with Crippen molar-refractivity contribution in [2.24, 2.45) is 0 Å². The number of phenolic OH excluding ortho intramolecular Hbond substituents is 3. The maximum Gasteiger partial charge on any atom is 0.330 e. The maximum absolute atomic E-state index is 12.4. The number of ether oxygens (including phenoxy) is 6. The van der Waals surface area contributed by atoms with Crippen LogP contribution in [0.3, 0.4) is 0 Å². The van der Waals surface area contributed by atoms with Crippen molar-refractivity contribution < 1.29 is 89.4 Å². The second-order valence-electron chi connectivity index (χ2n) is 12.6. The molecule has 0 aromatic heterocycles. The quantitative estimate of drug-likeness (QED) is 0.0790. The van der Waals surface area contributed by atoms with Crippen molar-refractivity contribution in [3.8, 4) is 17.2 Å². The minimum Gasteiger partial charge on any atom is -0.508 e. The lowest BCUT2D eigenvalue weighted by molar-refractivity contribution is -0.292. The Balaban J connectivity index is 1.27. The van der Waals surface area contributed by atoms with Gasteiger partial charge in [0.25, 0.3) is 0 Å². The van der Waals surface area contributed by atoms with E-state index in [1.807, 2.05) is 0 Å². The molecule has 0 spiro atoms. The van der Waals surface area contributed by atoms with E-state index in [2.05, 4.69) is 0 Å². The van der Waals surface area contributed by atoms with Crippen molar-refractivity contribution in [1.29, 1.82) is 0 Å². The van der Waals surface area contributed by atoms with Crippen LogP contribution in [-0.4, -0.2) is 143 Å². The minimum absolute atomic E-state index is 0.0313. The second kappa shape index (κ2) is 16.1. The number of rotatable bonds is 10. The van der Waals surface area contributed by atoms with Crippen LogP contribution in [0.4, 0.5) is 0 Å². The third-order valence-corrected chi connectivity index (χ3v) is 8.88. The minimum atomic E-state index is -1.91. The molecule has 3 heterocycles. The predicted octanol–water partition coefficient (Wildman–Crippen LogP) is -0.966. The van der Waals surface area contributed by atoms with Crippen LogP contribution in [0, 0.1) is 0 Å². The standard InChI is InChI=1S/C36H38O18/c37-13-25-28(43)30(45)32(47)35(53-25)51-23-11-18(39)10-22-19(23)12-24(34(50-22)16-4-7-20(40)21(41)9-16)52-36-33(48)31(46)29(44)26(54-36)14-49-27(42)8-3-15-1-5-17(38)6-2-15/h1-12,22,25-26,28-33,35-41,43-48H,13-14H2/b8-3+/t22?,25-,26-,28+,29+,30+,31+,32-,33-,35-,36+/m0/s1. The highest BCUT2D eigenvalue weighted by molar-refractivity contribution is 5.87. The topological polar surface area (TPSA) is 295 Å².